The summed E-state index contributed by atoms with van der Waals surface area (Å²) < 4.78 is 54.9. The largest absolute Gasteiger partial charge is 0.494 e. The molecule has 0 saturated heterocycles. The molecule has 0 spiro atoms. The molecule has 1 aliphatic carbocycles. The predicted molar refractivity (Wildman–Crippen MR) is 130 cm³/mol. The molecule has 34 heavy (non-hydrogen) atoms. The van der Waals surface area contributed by atoms with Gasteiger partial charge in [-0.15, -0.1) is 0 Å². The summed E-state index contributed by atoms with van der Waals surface area (Å²) in [5.41, 5.74) is 2.54. The Labute approximate surface area is 199 Å². The first-order valence-corrected chi connectivity index (χ1v) is 11.7. The van der Waals surface area contributed by atoms with Crippen LogP contribution in [-0.2, 0) is 4.74 Å². The monoisotopic (exact) mass is 466 g/mol. The van der Waals surface area contributed by atoms with Crippen molar-refractivity contribution in [3.8, 4) is 16.9 Å². The van der Waals surface area contributed by atoms with Crippen LogP contribution in [0.1, 0.15) is 55.2 Å². The van der Waals surface area contributed by atoms with Gasteiger partial charge in [-0.2, -0.15) is 0 Å². The second-order valence-electron chi connectivity index (χ2n) is 8.61. The molecule has 178 valence electrons. The highest BCUT2D eigenvalue weighted by molar-refractivity contribution is 5.73. The van der Waals surface area contributed by atoms with E-state index in [1.165, 1.54) is 6.07 Å². The molecular weight excluding hydrogens is 437 g/mol. The molecule has 0 amide bonds. The molecule has 0 heterocycles. The Hall–Kier alpha value is -3.05. The van der Waals surface area contributed by atoms with Crippen molar-refractivity contribution in [2.24, 2.45) is 0 Å². The van der Waals surface area contributed by atoms with E-state index in [1.54, 1.807) is 67.8 Å². The Balaban J connectivity index is 1.48. The SMILES string of the molecule is CCOc1ccc(/C=C/c2ccc(-c3ccc(C4CCC(OC)CC4)c(F)c3F)cc2)c(F)c1. The van der Waals surface area contributed by atoms with Crippen LogP contribution in [0, 0.1) is 17.5 Å². The third kappa shape index (κ3) is 5.36. The van der Waals surface area contributed by atoms with E-state index < -0.39 is 11.6 Å². The predicted octanol–water partition coefficient (Wildman–Crippen LogP) is 8.01. The first-order chi connectivity index (χ1) is 16.5. The van der Waals surface area contributed by atoms with Crippen LogP contribution in [0.15, 0.2) is 54.6 Å². The zero-order chi connectivity index (χ0) is 24.1. The lowest BCUT2D eigenvalue weighted by molar-refractivity contribution is 0.0655. The minimum absolute atomic E-state index is 0.0189. The van der Waals surface area contributed by atoms with Gasteiger partial charge < -0.3 is 9.47 Å². The minimum Gasteiger partial charge on any atom is -0.494 e. The molecule has 3 aromatic rings. The van der Waals surface area contributed by atoms with E-state index in [-0.39, 0.29) is 23.4 Å². The van der Waals surface area contributed by atoms with Gasteiger partial charge in [0.2, 0.25) is 0 Å². The van der Waals surface area contributed by atoms with Crippen molar-refractivity contribution in [1.29, 1.82) is 0 Å². The number of benzene rings is 3. The highest BCUT2D eigenvalue weighted by Gasteiger charge is 2.26. The number of methoxy groups -OCH3 is 1. The van der Waals surface area contributed by atoms with Crippen LogP contribution in [0.5, 0.6) is 5.75 Å². The van der Waals surface area contributed by atoms with Crippen LogP contribution in [0.4, 0.5) is 13.2 Å². The molecule has 0 unspecified atom stereocenters. The fourth-order valence-electron chi connectivity index (χ4n) is 4.57. The third-order valence-corrected chi connectivity index (χ3v) is 6.52. The molecule has 1 saturated carbocycles. The lowest BCUT2D eigenvalue weighted by atomic mass is 9.82. The van der Waals surface area contributed by atoms with E-state index in [0.717, 1.165) is 31.2 Å². The summed E-state index contributed by atoms with van der Waals surface area (Å²) in [5.74, 6) is -1.43. The Morgan fingerprint density at radius 3 is 2.24 bits per heavy atom. The maximum atomic E-state index is 15.0. The molecule has 1 fully saturated rings. The van der Waals surface area contributed by atoms with Crippen molar-refractivity contribution in [1.82, 2.24) is 0 Å². The van der Waals surface area contributed by atoms with E-state index >= 15 is 0 Å². The van der Waals surface area contributed by atoms with Crippen molar-refractivity contribution >= 4 is 12.2 Å². The third-order valence-electron chi connectivity index (χ3n) is 6.52. The summed E-state index contributed by atoms with van der Waals surface area (Å²) >= 11 is 0. The van der Waals surface area contributed by atoms with Gasteiger partial charge >= 0.3 is 0 Å². The number of halogens is 3. The Bertz CT molecular complexity index is 1150. The van der Waals surface area contributed by atoms with Crippen LogP contribution in [0.3, 0.4) is 0 Å². The van der Waals surface area contributed by atoms with Crippen LogP contribution < -0.4 is 4.74 Å². The van der Waals surface area contributed by atoms with Gasteiger partial charge in [-0.1, -0.05) is 48.6 Å². The lowest BCUT2D eigenvalue weighted by Gasteiger charge is -2.28. The Morgan fingerprint density at radius 1 is 0.853 bits per heavy atom. The standard InChI is InChI=1S/C29H29F3O2/c1-3-34-24-15-12-22(27(30)18-24)9-6-19-4-7-20(8-5-19)25-16-17-26(29(32)28(25)31)21-10-13-23(33-2)14-11-21/h4-9,12,15-18,21,23H,3,10-11,13-14H2,1-2H3/b9-6+. The topological polar surface area (TPSA) is 18.5 Å². The molecule has 4 rings (SSSR count). The summed E-state index contributed by atoms with van der Waals surface area (Å²) in [6, 6.07) is 15.2. The van der Waals surface area contributed by atoms with Gasteiger partial charge in [0.05, 0.1) is 12.7 Å². The van der Waals surface area contributed by atoms with Gasteiger partial charge in [0.1, 0.15) is 11.6 Å². The Morgan fingerprint density at radius 2 is 1.59 bits per heavy atom. The molecule has 3 aromatic carbocycles. The van der Waals surface area contributed by atoms with Crippen LogP contribution in [0.2, 0.25) is 0 Å². The van der Waals surface area contributed by atoms with Gasteiger partial charge in [0.15, 0.2) is 11.6 Å². The highest BCUT2D eigenvalue weighted by atomic mass is 19.2. The normalized spacial score (nSPS) is 18.4. The van der Waals surface area contributed by atoms with Gasteiger partial charge in [-0.25, -0.2) is 13.2 Å². The number of rotatable bonds is 7. The second-order valence-corrected chi connectivity index (χ2v) is 8.61. The first-order valence-electron chi connectivity index (χ1n) is 11.7. The molecule has 0 N–H and O–H groups in total. The first kappa shape index (κ1) is 24.1. The molecule has 0 aromatic heterocycles. The average Bonchev–Trinajstić information content (AvgIpc) is 2.86. The highest BCUT2D eigenvalue weighted by Crippen LogP contribution is 2.37. The molecule has 0 bridgehead atoms. The van der Waals surface area contributed by atoms with E-state index in [1.807, 2.05) is 6.92 Å². The van der Waals surface area contributed by atoms with Crippen molar-refractivity contribution in [2.75, 3.05) is 13.7 Å². The van der Waals surface area contributed by atoms with Crippen molar-refractivity contribution in [3.63, 3.8) is 0 Å². The molecule has 0 atom stereocenters. The van der Waals surface area contributed by atoms with Gasteiger partial charge in [0, 0.05) is 24.3 Å². The van der Waals surface area contributed by atoms with E-state index in [9.17, 15) is 13.2 Å². The summed E-state index contributed by atoms with van der Waals surface area (Å²) in [6.45, 7) is 2.32. The van der Waals surface area contributed by atoms with Gasteiger partial charge in [-0.3, -0.25) is 0 Å². The van der Waals surface area contributed by atoms with E-state index in [4.69, 9.17) is 9.47 Å². The number of hydrogen-bond acceptors (Lipinski definition) is 2. The van der Waals surface area contributed by atoms with Crippen LogP contribution in [0.25, 0.3) is 23.3 Å². The van der Waals surface area contributed by atoms with Crippen LogP contribution >= 0.6 is 0 Å². The van der Waals surface area contributed by atoms with E-state index in [0.29, 0.717) is 29.0 Å². The van der Waals surface area contributed by atoms with Crippen molar-refractivity contribution in [3.05, 3.63) is 88.7 Å². The molecule has 2 nitrogen and oxygen atoms in total. The molecule has 0 radical (unpaired) electrons. The Kier molecular flexibility index (Phi) is 7.73. The molecule has 0 aliphatic heterocycles. The minimum atomic E-state index is -0.814. The van der Waals surface area contributed by atoms with Gasteiger partial charge in [-0.05, 0) is 67.3 Å². The zero-order valence-electron chi connectivity index (χ0n) is 19.5. The summed E-state index contributed by atoms with van der Waals surface area (Å²) in [7, 11) is 1.69. The molecule has 5 heteroatoms. The number of ether oxygens (including phenoxy) is 2. The summed E-state index contributed by atoms with van der Waals surface area (Å²) in [4.78, 5) is 0. The maximum Gasteiger partial charge on any atom is 0.166 e. The maximum absolute atomic E-state index is 15.0. The van der Waals surface area contributed by atoms with Crippen LogP contribution in [-0.4, -0.2) is 19.8 Å². The second kappa shape index (κ2) is 10.9. The average molecular weight is 467 g/mol. The summed E-state index contributed by atoms with van der Waals surface area (Å²) in [6.07, 6.45) is 6.97. The fraction of sp³-hybridized carbons (Fsp3) is 0.310. The number of hydrogen-bond donors (Lipinski definition) is 0. The van der Waals surface area contributed by atoms with Crippen molar-refractivity contribution in [2.45, 2.75) is 44.6 Å². The summed E-state index contributed by atoms with van der Waals surface area (Å²) in [5, 5.41) is 0. The molecular formula is C29H29F3O2. The zero-order valence-corrected chi connectivity index (χ0v) is 19.5. The van der Waals surface area contributed by atoms with E-state index in [2.05, 4.69) is 0 Å². The fourth-order valence-corrected chi connectivity index (χ4v) is 4.57. The van der Waals surface area contributed by atoms with Crippen molar-refractivity contribution < 1.29 is 22.6 Å². The smallest absolute Gasteiger partial charge is 0.166 e. The lowest BCUT2D eigenvalue weighted by Crippen LogP contribution is -2.20. The van der Waals surface area contributed by atoms with Gasteiger partial charge in [0.25, 0.3) is 0 Å². The molecule has 1 aliphatic rings. The quantitative estimate of drug-likeness (QED) is 0.328.